The van der Waals surface area contributed by atoms with Crippen LogP contribution in [-0.4, -0.2) is 15.5 Å². The Labute approximate surface area is 157 Å². The molecular formula is C21H26F3N3. The summed E-state index contributed by atoms with van der Waals surface area (Å²) < 4.78 is 38.3. The predicted octanol–water partition coefficient (Wildman–Crippen LogP) is 5.64. The molecule has 3 N–H and O–H groups in total. The fourth-order valence-corrected chi connectivity index (χ4v) is 4.81. The second-order valence-electron chi connectivity index (χ2n) is 8.22. The van der Waals surface area contributed by atoms with Crippen LogP contribution in [0.25, 0.3) is 11.3 Å². The molecule has 3 nitrogen and oxygen atoms in total. The fourth-order valence-electron chi connectivity index (χ4n) is 4.81. The molecule has 146 valence electrons. The third kappa shape index (κ3) is 3.64. The topological polar surface area (TPSA) is 54.7 Å². The van der Waals surface area contributed by atoms with E-state index >= 15 is 0 Å². The van der Waals surface area contributed by atoms with Gasteiger partial charge < -0.3 is 10.7 Å². The Hall–Kier alpha value is -1.82. The fraction of sp³-hybridized carbons (Fsp3) is 0.571. The molecule has 0 bridgehead atoms. The molecular weight excluding hydrogens is 351 g/mol. The summed E-state index contributed by atoms with van der Waals surface area (Å²) in [6.45, 7) is 0. The monoisotopic (exact) mass is 377 g/mol. The molecule has 1 aromatic carbocycles. The van der Waals surface area contributed by atoms with Gasteiger partial charge in [-0.2, -0.15) is 13.2 Å². The van der Waals surface area contributed by atoms with Crippen LogP contribution in [0.4, 0.5) is 13.2 Å². The van der Waals surface area contributed by atoms with Gasteiger partial charge >= 0.3 is 6.18 Å². The molecule has 0 aliphatic heterocycles. The van der Waals surface area contributed by atoms with E-state index in [1.54, 1.807) is 6.20 Å². The molecule has 1 heterocycles. The zero-order valence-corrected chi connectivity index (χ0v) is 15.4. The Kier molecular flexibility index (Phi) is 4.78. The summed E-state index contributed by atoms with van der Waals surface area (Å²) in [6, 6.07) is 5.23. The number of aromatic nitrogens is 2. The van der Waals surface area contributed by atoms with E-state index in [0.29, 0.717) is 11.5 Å². The lowest BCUT2D eigenvalue weighted by molar-refractivity contribution is -0.137. The van der Waals surface area contributed by atoms with Gasteiger partial charge in [-0.15, -0.1) is 0 Å². The van der Waals surface area contributed by atoms with Gasteiger partial charge in [0, 0.05) is 11.5 Å². The van der Waals surface area contributed by atoms with Crippen molar-refractivity contribution in [3.63, 3.8) is 0 Å². The number of halogens is 3. The average molecular weight is 377 g/mol. The van der Waals surface area contributed by atoms with E-state index in [2.05, 4.69) is 9.97 Å². The molecule has 0 unspecified atom stereocenters. The van der Waals surface area contributed by atoms with Crippen LogP contribution in [-0.2, 0) is 6.18 Å². The summed E-state index contributed by atoms with van der Waals surface area (Å²) in [4.78, 5) is 8.02. The third-order valence-electron chi connectivity index (χ3n) is 6.44. The molecule has 6 heteroatoms. The van der Waals surface area contributed by atoms with Crippen molar-refractivity contribution in [3.8, 4) is 11.3 Å². The Morgan fingerprint density at radius 1 is 1.04 bits per heavy atom. The summed E-state index contributed by atoms with van der Waals surface area (Å²) in [5.74, 6) is 1.64. The molecule has 2 fully saturated rings. The van der Waals surface area contributed by atoms with Crippen molar-refractivity contribution in [3.05, 3.63) is 41.9 Å². The lowest BCUT2D eigenvalue weighted by atomic mass is 9.61. The molecule has 2 aliphatic carbocycles. The van der Waals surface area contributed by atoms with Gasteiger partial charge in [0.1, 0.15) is 5.82 Å². The molecule has 2 saturated carbocycles. The first-order valence-corrected chi connectivity index (χ1v) is 9.88. The molecule has 0 amide bonds. The van der Waals surface area contributed by atoms with Crippen LogP contribution in [0.2, 0.25) is 0 Å². The number of nitrogens with one attached hydrogen (secondary N) is 1. The van der Waals surface area contributed by atoms with Gasteiger partial charge in [-0.05, 0) is 55.7 Å². The first-order valence-electron chi connectivity index (χ1n) is 9.88. The lowest BCUT2D eigenvalue weighted by Crippen LogP contribution is -2.54. The van der Waals surface area contributed by atoms with Crippen molar-refractivity contribution in [1.82, 2.24) is 9.97 Å². The van der Waals surface area contributed by atoms with Gasteiger partial charge in [0.15, 0.2) is 0 Å². The number of rotatable bonds is 4. The minimum Gasteiger partial charge on any atom is -0.342 e. The standard InChI is InChI=1S/C21H26F3N3/c22-21(23,24)16-9-7-14(8-10-16)17-13-26-19(27-17)18(20(25)11-4-12-20)15-5-2-1-3-6-15/h7-10,13,15,18H,1-6,11-12,25H2,(H,26,27)/t18-/m1/s1. The van der Waals surface area contributed by atoms with Crippen LogP contribution in [0.5, 0.6) is 0 Å². The maximum atomic E-state index is 12.8. The second-order valence-corrected chi connectivity index (χ2v) is 8.22. The number of hydrogen-bond acceptors (Lipinski definition) is 2. The van der Waals surface area contributed by atoms with Crippen molar-refractivity contribution < 1.29 is 13.2 Å². The van der Waals surface area contributed by atoms with E-state index in [4.69, 9.17) is 5.73 Å². The summed E-state index contributed by atoms with van der Waals surface area (Å²) in [7, 11) is 0. The molecule has 27 heavy (non-hydrogen) atoms. The van der Waals surface area contributed by atoms with E-state index < -0.39 is 11.7 Å². The van der Waals surface area contributed by atoms with Crippen LogP contribution in [0.15, 0.2) is 30.5 Å². The zero-order valence-electron chi connectivity index (χ0n) is 15.4. The Morgan fingerprint density at radius 3 is 2.26 bits per heavy atom. The highest BCUT2D eigenvalue weighted by Gasteiger charge is 2.46. The normalized spacial score (nSPS) is 21.6. The molecule has 2 aromatic rings. The third-order valence-corrected chi connectivity index (χ3v) is 6.44. The molecule has 1 aromatic heterocycles. The maximum Gasteiger partial charge on any atom is 0.416 e. The first-order chi connectivity index (χ1) is 12.9. The van der Waals surface area contributed by atoms with Gasteiger partial charge in [-0.3, -0.25) is 0 Å². The van der Waals surface area contributed by atoms with Crippen molar-refractivity contribution in [2.24, 2.45) is 11.7 Å². The van der Waals surface area contributed by atoms with Crippen molar-refractivity contribution >= 4 is 0 Å². The van der Waals surface area contributed by atoms with Crippen LogP contribution in [0.3, 0.4) is 0 Å². The highest BCUT2D eigenvalue weighted by molar-refractivity contribution is 5.59. The summed E-state index contributed by atoms with van der Waals surface area (Å²) in [5, 5.41) is 0. The number of benzene rings is 1. The van der Waals surface area contributed by atoms with Gasteiger partial charge in [-0.1, -0.05) is 31.4 Å². The number of imidazole rings is 1. The van der Waals surface area contributed by atoms with Gasteiger partial charge in [0.25, 0.3) is 0 Å². The summed E-state index contributed by atoms with van der Waals surface area (Å²) in [6.07, 6.45) is 6.74. The number of nitrogens with zero attached hydrogens (tertiary/aromatic N) is 1. The SMILES string of the molecule is NC1([C@@H](c2ncc(-c3ccc(C(F)(F)F)cc3)[nH]2)C2CCCCC2)CCC1. The molecule has 4 rings (SSSR count). The second kappa shape index (κ2) is 6.97. The molecule has 0 spiro atoms. The van der Waals surface area contributed by atoms with Gasteiger partial charge in [0.05, 0.1) is 17.5 Å². The quantitative estimate of drug-likeness (QED) is 0.724. The Morgan fingerprint density at radius 2 is 1.70 bits per heavy atom. The van der Waals surface area contributed by atoms with E-state index in [1.165, 1.54) is 44.2 Å². The number of alkyl halides is 3. The minimum atomic E-state index is -4.32. The zero-order chi connectivity index (χ0) is 19.1. The van der Waals surface area contributed by atoms with E-state index in [0.717, 1.165) is 42.9 Å². The lowest BCUT2D eigenvalue weighted by Gasteiger charge is -2.48. The van der Waals surface area contributed by atoms with E-state index in [9.17, 15) is 13.2 Å². The van der Waals surface area contributed by atoms with Gasteiger partial charge in [0.2, 0.25) is 0 Å². The Bertz CT molecular complexity index is 769. The van der Waals surface area contributed by atoms with Crippen LogP contribution in [0, 0.1) is 5.92 Å². The molecule has 2 aliphatic rings. The minimum absolute atomic E-state index is 0.197. The van der Waals surface area contributed by atoms with Crippen LogP contribution in [0.1, 0.15) is 68.7 Å². The highest BCUT2D eigenvalue weighted by atomic mass is 19.4. The molecule has 0 saturated heterocycles. The van der Waals surface area contributed by atoms with Crippen molar-refractivity contribution in [1.29, 1.82) is 0 Å². The van der Waals surface area contributed by atoms with Crippen LogP contribution >= 0.6 is 0 Å². The van der Waals surface area contributed by atoms with Gasteiger partial charge in [-0.25, -0.2) is 4.98 Å². The number of aromatic amines is 1. The number of hydrogen-bond donors (Lipinski definition) is 2. The van der Waals surface area contributed by atoms with Crippen LogP contribution < -0.4 is 5.73 Å². The average Bonchev–Trinajstić information content (AvgIpc) is 3.10. The van der Waals surface area contributed by atoms with E-state index in [-0.39, 0.29) is 11.5 Å². The predicted molar refractivity (Wildman–Crippen MR) is 99.1 cm³/mol. The molecule has 0 radical (unpaired) electrons. The maximum absolute atomic E-state index is 12.8. The number of nitrogens with two attached hydrogens (primary N) is 1. The van der Waals surface area contributed by atoms with Crippen molar-refractivity contribution in [2.75, 3.05) is 0 Å². The van der Waals surface area contributed by atoms with E-state index in [1.807, 2.05) is 0 Å². The smallest absolute Gasteiger partial charge is 0.342 e. The largest absolute Gasteiger partial charge is 0.416 e. The summed E-state index contributed by atoms with van der Waals surface area (Å²) in [5.41, 5.74) is 7.37. The first kappa shape index (κ1) is 18.5. The summed E-state index contributed by atoms with van der Waals surface area (Å²) >= 11 is 0. The number of H-pyrrole nitrogens is 1. The highest BCUT2D eigenvalue weighted by Crippen LogP contribution is 2.48. The van der Waals surface area contributed by atoms with Crippen molar-refractivity contribution in [2.45, 2.75) is 69.0 Å². The molecule has 1 atom stereocenters. The Balaban J connectivity index is 1.61.